The smallest absolute Gasteiger partial charge is 0.272 e. The molecule has 1 N–H and O–H groups in total. The van der Waals surface area contributed by atoms with Crippen molar-refractivity contribution in [2.24, 2.45) is 0 Å². The predicted octanol–water partition coefficient (Wildman–Crippen LogP) is 3.74. The van der Waals surface area contributed by atoms with Crippen LogP contribution in [0.1, 0.15) is 40.7 Å². The summed E-state index contributed by atoms with van der Waals surface area (Å²) in [4.78, 5) is 36.1. The van der Waals surface area contributed by atoms with Crippen molar-refractivity contribution in [3.63, 3.8) is 0 Å². The Morgan fingerprint density at radius 3 is 2.87 bits per heavy atom. The lowest BCUT2D eigenvalue weighted by molar-refractivity contribution is -0.122. The SMILES string of the molecule is Cc1cc(C)c2c(n1)sc1c(=O)n(CC(=O)N[C@H]3CCc4ccccc43)c(C)nc12. The molecule has 0 saturated carbocycles. The van der Waals surface area contributed by atoms with Crippen LogP contribution in [0.2, 0.25) is 0 Å². The number of benzene rings is 1. The fourth-order valence-corrected chi connectivity index (χ4v) is 5.63. The highest BCUT2D eigenvalue weighted by Crippen LogP contribution is 2.32. The van der Waals surface area contributed by atoms with Crippen LogP contribution >= 0.6 is 11.3 Å². The summed E-state index contributed by atoms with van der Waals surface area (Å²) in [6.45, 7) is 5.70. The molecule has 3 aromatic heterocycles. The fraction of sp³-hybridized carbons (Fsp3) is 0.304. The number of thiophene rings is 1. The van der Waals surface area contributed by atoms with Crippen molar-refractivity contribution < 1.29 is 4.79 Å². The Hall–Kier alpha value is -3.06. The summed E-state index contributed by atoms with van der Waals surface area (Å²) < 4.78 is 2.02. The maximum Gasteiger partial charge on any atom is 0.272 e. The Labute approximate surface area is 177 Å². The number of nitrogens with zero attached hydrogens (tertiary/aromatic N) is 3. The van der Waals surface area contributed by atoms with Gasteiger partial charge in [-0.25, -0.2) is 9.97 Å². The Bertz CT molecular complexity index is 1390. The molecule has 3 heterocycles. The second-order valence-corrected chi connectivity index (χ2v) is 8.95. The second-order valence-electron chi connectivity index (χ2n) is 7.95. The van der Waals surface area contributed by atoms with Crippen LogP contribution in [0.5, 0.6) is 0 Å². The van der Waals surface area contributed by atoms with Gasteiger partial charge in [0.15, 0.2) is 0 Å². The largest absolute Gasteiger partial charge is 0.348 e. The van der Waals surface area contributed by atoms with Gasteiger partial charge < -0.3 is 5.32 Å². The Kier molecular flexibility index (Phi) is 4.43. The summed E-state index contributed by atoms with van der Waals surface area (Å²) >= 11 is 1.35. The summed E-state index contributed by atoms with van der Waals surface area (Å²) in [5.41, 5.74) is 4.93. The van der Waals surface area contributed by atoms with Gasteiger partial charge in [0.25, 0.3) is 5.56 Å². The molecule has 6 nitrogen and oxygen atoms in total. The third kappa shape index (κ3) is 3.01. The van der Waals surface area contributed by atoms with Crippen molar-refractivity contribution in [2.75, 3.05) is 0 Å². The average Bonchev–Trinajstić information content (AvgIpc) is 3.27. The van der Waals surface area contributed by atoms with Gasteiger partial charge in [-0.3, -0.25) is 14.2 Å². The molecule has 4 aromatic rings. The van der Waals surface area contributed by atoms with Gasteiger partial charge in [-0.1, -0.05) is 24.3 Å². The first-order chi connectivity index (χ1) is 14.4. The number of aryl methyl sites for hydroxylation is 4. The highest BCUT2D eigenvalue weighted by Gasteiger charge is 2.24. The van der Waals surface area contributed by atoms with E-state index in [0.29, 0.717) is 16.0 Å². The number of carbonyl (C=O) groups is 1. The van der Waals surface area contributed by atoms with Crippen molar-refractivity contribution in [2.45, 2.75) is 46.2 Å². The van der Waals surface area contributed by atoms with E-state index in [0.717, 1.165) is 34.3 Å². The van der Waals surface area contributed by atoms with Crippen molar-refractivity contribution in [1.29, 1.82) is 0 Å². The van der Waals surface area contributed by atoms with Crippen LogP contribution < -0.4 is 10.9 Å². The van der Waals surface area contributed by atoms with Gasteiger partial charge in [0.1, 0.15) is 21.9 Å². The molecule has 1 aliphatic rings. The van der Waals surface area contributed by atoms with E-state index in [9.17, 15) is 9.59 Å². The number of aromatic nitrogens is 3. The number of nitrogens with one attached hydrogen (secondary N) is 1. The van der Waals surface area contributed by atoms with Crippen LogP contribution in [0.3, 0.4) is 0 Å². The summed E-state index contributed by atoms with van der Waals surface area (Å²) in [6, 6.07) is 10.2. The summed E-state index contributed by atoms with van der Waals surface area (Å²) in [6.07, 6.45) is 1.85. The van der Waals surface area contributed by atoms with Gasteiger partial charge in [-0.05, 0) is 56.4 Å². The van der Waals surface area contributed by atoms with E-state index < -0.39 is 0 Å². The third-order valence-corrected chi connectivity index (χ3v) is 6.90. The van der Waals surface area contributed by atoms with Gasteiger partial charge in [-0.15, -0.1) is 11.3 Å². The summed E-state index contributed by atoms with van der Waals surface area (Å²) in [7, 11) is 0. The van der Waals surface area contributed by atoms with Gasteiger partial charge in [0, 0.05) is 11.1 Å². The molecule has 0 saturated heterocycles. The minimum absolute atomic E-state index is 0.000508. The van der Waals surface area contributed by atoms with E-state index in [1.807, 2.05) is 32.0 Å². The Morgan fingerprint density at radius 2 is 2.03 bits per heavy atom. The average molecular weight is 419 g/mol. The lowest BCUT2D eigenvalue weighted by atomic mass is 10.1. The number of pyridine rings is 1. The normalized spacial score (nSPS) is 15.6. The molecule has 0 fully saturated rings. The summed E-state index contributed by atoms with van der Waals surface area (Å²) in [5, 5.41) is 4.02. The van der Waals surface area contributed by atoms with Crippen LogP contribution in [0, 0.1) is 20.8 Å². The first-order valence-corrected chi connectivity index (χ1v) is 10.9. The fourth-order valence-electron chi connectivity index (χ4n) is 4.44. The minimum atomic E-state index is -0.181. The molecule has 30 heavy (non-hydrogen) atoms. The Morgan fingerprint density at radius 1 is 1.23 bits per heavy atom. The lowest BCUT2D eigenvalue weighted by Crippen LogP contribution is -2.35. The van der Waals surface area contributed by atoms with Gasteiger partial charge in [-0.2, -0.15) is 0 Å². The zero-order chi connectivity index (χ0) is 21.0. The van der Waals surface area contributed by atoms with Crippen LogP contribution in [0.25, 0.3) is 20.4 Å². The molecular formula is C23H22N4O2S. The minimum Gasteiger partial charge on any atom is -0.348 e. The molecule has 0 aliphatic heterocycles. The van der Waals surface area contributed by atoms with E-state index >= 15 is 0 Å². The third-order valence-electron chi connectivity index (χ3n) is 5.84. The zero-order valence-electron chi connectivity index (χ0n) is 17.2. The van der Waals surface area contributed by atoms with Crippen LogP contribution in [-0.2, 0) is 17.8 Å². The molecule has 0 unspecified atom stereocenters. The zero-order valence-corrected chi connectivity index (χ0v) is 18.0. The van der Waals surface area contributed by atoms with Crippen LogP contribution in [0.4, 0.5) is 0 Å². The Balaban J connectivity index is 1.49. The van der Waals surface area contributed by atoms with Crippen molar-refractivity contribution in [3.8, 4) is 0 Å². The van der Waals surface area contributed by atoms with E-state index in [-0.39, 0.29) is 24.1 Å². The van der Waals surface area contributed by atoms with Crippen LogP contribution in [0.15, 0.2) is 35.1 Å². The first-order valence-electron chi connectivity index (χ1n) is 10.1. The highest BCUT2D eigenvalue weighted by molar-refractivity contribution is 7.25. The molecule has 1 atom stereocenters. The monoisotopic (exact) mass is 418 g/mol. The van der Waals surface area contributed by atoms with Crippen LogP contribution in [-0.4, -0.2) is 20.4 Å². The molecule has 1 aromatic carbocycles. The lowest BCUT2D eigenvalue weighted by Gasteiger charge is -2.15. The van der Waals surface area contributed by atoms with Gasteiger partial charge >= 0.3 is 0 Å². The van der Waals surface area contributed by atoms with Crippen molar-refractivity contribution >= 4 is 37.7 Å². The summed E-state index contributed by atoms with van der Waals surface area (Å²) in [5.74, 6) is 0.364. The second kappa shape index (κ2) is 7.02. The maximum absolute atomic E-state index is 13.2. The highest BCUT2D eigenvalue weighted by atomic mass is 32.1. The molecule has 152 valence electrons. The molecule has 1 amide bonds. The predicted molar refractivity (Wildman–Crippen MR) is 119 cm³/mol. The van der Waals surface area contributed by atoms with Crippen molar-refractivity contribution in [1.82, 2.24) is 19.9 Å². The van der Waals surface area contributed by atoms with E-state index in [1.54, 1.807) is 6.92 Å². The molecule has 0 spiro atoms. The molecule has 0 bridgehead atoms. The topological polar surface area (TPSA) is 76.9 Å². The number of carbonyl (C=O) groups excluding carboxylic acids is 1. The number of amides is 1. The molecule has 7 heteroatoms. The number of rotatable bonds is 3. The maximum atomic E-state index is 13.2. The molecule has 1 aliphatic carbocycles. The van der Waals surface area contributed by atoms with Crippen molar-refractivity contribution in [3.05, 3.63) is 68.9 Å². The number of fused-ring (bicyclic) bond motifs is 4. The molecular weight excluding hydrogens is 396 g/mol. The van der Waals surface area contributed by atoms with Gasteiger partial charge in [0.2, 0.25) is 5.91 Å². The molecule has 0 radical (unpaired) electrons. The number of hydrogen-bond acceptors (Lipinski definition) is 5. The standard InChI is InChI=1S/C23H22N4O2S/c1-12-10-13(2)24-22-19(12)20-21(30-22)23(29)27(14(3)25-20)11-18(28)26-17-9-8-15-6-4-5-7-16(15)17/h4-7,10,17H,8-9,11H2,1-3H3,(H,26,28)/t17-/m0/s1. The van der Waals surface area contributed by atoms with E-state index in [1.165, 1.54) is 27.0 Å². The van der Waals surface area contributed by atoms with E-state index in [4.69, 9.17) is 0 Å². The van der Waals surface area contributed by atoms with Gasteiger partial charge in [0.05, 0.1) is 11.6 Å². The molecule has 5 rings (SSSR count). The van der Waals surface area contributed by atoms with E-state index in [2.05, 4.69) is 27.4 Å². The number of hydrogen-bond donors (Lipinski definition) is 1. The first kappa shape index (κ1) is 18.9. The quantitative estimate of drug-likeness (QED) is 0.550.